The van der Waals surface area contributed by atoms with Crippen LogP contribution >= 0.6 is 0 Å². The van der Waals surface area contributed by atoms with Crippen molar-refractivity contribution in [2.45, 2.75) is 18.6 Å². The molecule has 132 valence electrons. The minimum Gasteiger partial charge on any atom is -0.384 e. The number of carbonyl (C=O) groups is 1. The summed E-state index contributed by atoms with van der Waals surface area (Å²) in [4.78, 5) is 22.1. The van der Waals surface area contributed by atoms with Crippen LogP contribution in [0.4, 0.5) is 0 Å². The normalized spacial score (nSPS) is 12.4. The van der Waals surface area contributed by atoms with Crippen molar-refractivity contribution < 1.29 is 19.7 Å². The molecule has 3 aromatic rings. The largest absolute Gasteiger partial charge is 0.384 e. The molecule has 0 saturated carbocycles. The lowest BCUT2D eigenvalue weighted by atomic mass is 9.79. The molecule has 0 aliphatic carbocycles. The molecule has 0 aliphatic heterocycles. The molecule has 0 amide bonds. The highest BCUT2D eigenvalue weighted by atomic mass is 17.2. The van der Waals surface area contributed by atoms with E-state index in [2.05, 4.69) is 0 Å². The molecule has 3 rings (SSSR count). The van der Waals surface area contributed by atoms with Gasteiger partial charge in [0.25, 0.3) is 0 Å². The van der Waals surface area contributed by atoms with Gasteiger partial charge in [-0.25, -0.2) is 4.79 Å². The smallest absolute Gasteiger partial charge is 0.339 e. The zero-order valence-corrected chi connectivity index (χ0v) is 14.4. The lowest BCUT2D eigenvalue weighted by Crippen LogP contribution is -2.38. The van der Waals surface area contributed by atoms with Crippen LogP contribution in [0.1, 0.15) is 29.7 Å². The molecule has 0 aliphatic rings. The highest BCUT2D eigenvalue weighted by Gasteiger charge is 2.46. The van der Waals surface area contributed by atoms with Gasteiger partial charge in [-0.15, -0.1) is 0 Å². The Morgan fingerprint density at radius 3 is 1.65 bits per heavy atom. The van der Waals surface area contributed by atoms with Crippen LogP contribution in [-0.2, 0) is 20.2 Å². The van der Waals surface area contributed by atoms with Gasteiger partial charge < -0.3 is 5.11 Å². The number of hydrogen-bond acceptors (Lipinski definition) is 4. The van der Waals surface area contributed by atoms with Crippen molar-refractivity contribution in [3.05, 3.63) is 108 Å². The molecular formula is C22H20O4. The summed E-state index contributed by atoms with van der Waals surface area (Å²) >= 11 is 0. The van der Waals surface area contributed by atoms with Crippen LogP contribution < -0.4 is 0 Å². The highest BCUT2D eigenvalue weighted by Crippen LogP contribution is 2.44. The van der Waals surface area contributed by atoms with Crippen molar-refractivity contribution in [3.63, 3.8) is 0 Å². The summed E-state index contributed by atoms with van der Waals surface area (Å²) < 4.78 is 0. The average molecular weight is 348 g/mol. The first-order valence-electron chi connectivity index (χ1n) is 8.35. The van der Waals surface area contributed by atoms with Gasteiger partial charge in [0.15, 0.2) is 5.60 Å². The predicted octanol–water partition coefficient (Wildman–Crippen LogP) is 4.16. The molecule has 3 aromatic carbocycles. The Balaban J connectivity index is 2.22. The van der Waals surface area contributed by atoms with Gasteiger partial charge in [-0.1, -0.05) is 91.0 Å². The summed E-state index contributed by atoms with van der Waals surface area (Å²) in [6.07, 6.45) is -1.10. The summed E-state index contributed by atoms with van der Waals surface area (Å²) in [6.45, 7) is 1.26. The number of rotatable bonds is 6. The summed E-state index contributed by atoms with van der Waals surface area (Å²) in [6, 6.07) is 27.7. The third kappa shape index (κ3) is 3.52. The van der Waals surface area contributed by atoms with Crippen LogP contribution in [0.25, 0.3) is 0 Å². The molecule has 4 nitrogen and oxygen atoms in total. The minimum atomic E-state index is -1.41. The second-order valence-corrected chi connectivity index (χ2v) is 5.94. The first-order chi connectivity index (χ1) is 12.6. The van der Waals surface area contributed by atoms with E-state index in [1.54, 1.807) is 0 Å². The Morgan fingerprint density at radius 1 is 0.808 bits per heavy atom. The van der Waals surface area contributed by atoms with Gasteiger partial charge in [0.05, 0.1) is 0 Å². The number of hydrogen-bond donors (Lipinski definition) is 1. The number of aliphatic hydroxyl groups excluding tert-OH is 1. The fourth-order valence-electron chi connectivity index (χ4n) is 2.99. The molecule has 0 radical (unpaired) electrons. The third-order valence-electron chi connectivity index (χ3n) is 4.20. The lowest BCUT2D eigenvalue weighted by Gasteiger charge is -2.36. The molecular weight excluding hydrogens is 328 g/mol. The van der Waals surface area contributed by atoms with Gasteiger partial charge in [0.2, 0.25) is 0 Å². The van der Waals surface area contributed by atoms with Crippen molar-refractivity contribution in [2.75, 3.05) is 0 Å². The number of benzene rings is 3. The Bertz CT molecular complexity index is 792. The first-order valence-corrected chi connectivity index (χ1v) is 8.35. The quantitative estimate of drug-likeness (QED) is 0.537. The van der Waals surface area contributed by atoms with Crippen LogP contribution in [0.15, 0.2) is 91.0 Å². The van der Waals surface area contributed by atoms with E-state index in [4.69, 9.17) is 9.78 Å². The van der Waals surface area contributed by atoms with Gasteiger partial charge in [0.1, 0.15) is 6.10 Å². The van der Waals surface area contributed by atoms with Crippen LogP contribution in [0, 0.1) is 0 Å². The van der Waals surface area contributed by atoms with Gasteiger partial charge in [0, 0.05) is 6.92 Å². The maximum absolute atomic E-state index is 11.5. The Hall–Kier alpha value is -2.95. The van der Waals surface area contributed by atoms with Crippen LogP contribution in [-0.4, -0.2) is 11.1 Å². The van der Waals surface area contributed by atoms with Gasteiger partial charge in [-0.3, -0.25) is 4.89 Å². The van der Waals surface area contributed by atoms with E-state index in [1.165, 1.54) is 6.92 Å². The summed E-state index contributed by atoms with van der Waals surface area (Å²) in [7, 11) is 0. The maximum atomic E-state index is 11.5. The molecule has 0 bridgehead atoms. The SMILES string of the molecule is CC(=O)OOC(c1ccccc1)(c1ccccc1)C(O)c1ccccc1. The maximum Gasteiger partial charge on any atom is 0.339 e. The van der Waals surface area contributed by atoms with Crippen LogP contribution in [0.3, 0.4) is 0 Å². The third-order valence-corrected chi connectivity index (χ3v) is 4.20. The fourth-order valence-corrected chi connectivity index (χ4v) is 2.99. The molecule has 0 aromatic heterocycles. The molecule has 4 heteroatoms. The van der Waals surface area contributed by atoms with Crippen LogP contribution in [0.2, 0.25) is 0 Å². The fraction of sp³-hybridized carbons (Fsp3) is 0.136. The average Bonchev–Trinajstić information content (AvgIpc) is 2.70. The molecule has 1 unspecified atom stereocenters. The molecule has 1 atom stereocenters. The standard InChI is InChI=1S/C22H20O4/c1-17(23)25-26-22(19-13-7-3-8-14-19,20-15-9-4-10-16-20)21(24)18-11-5-2-6-12-18/h2-16,21,24H,1H3. The Labute approximate surface area is 152 Å². The number of carbonyl (C=O) groups excluding carboxylic acids is 1. The molecule has 1 N–H and O–H groups in total. The highest BCUT2D eigenvalue weighted by molar-refractivity contribution is 5.65. The predicted molar refractivity (Wildman–Crippen MR) is 97.9 cm³/mol. The lowest BCUT2D eigenvalue weighted by molar-refractivity contribution is -0.345. The van der Waals surface area contributed by atoms with E-state index < -0.39 is 17.7 Å². The molecule has 26 heavy (non-hydrogen) atoms. The van der Waals surface area contributed by atoms with Gasteiger partial charge >= 0.3 is 5.97 Å². The summed E-state index contributed by atoms with van der Waals surface area (Å²) in [5.41, 5.74) is 0.579. The topological polar surface area (TPSA) is 55.8 Å². The minimum absolute atomic E-state index is 0.596. The van der Waals surface area contributed by atoms with Gasteiger partial charge in [-0.05, 0) is 16.7 Å². The second kappa shape index (κ2) is 7.95. The van der Waals surface area contributed by atoms with Crippen molar-refractivity contribution >= 4 is 5.97 Å². The van der Waals surface area contributed by atoms with Crippen LogP contribution in [0.5, 0.6) is 0 Å². The zero-order valence-electron chi connectivity index (χ0n) is 14.4. The molecule has 0 spiro atoms. The van der Waals surface area contributed by atoms with E-state index in [-0.39, 0.29) is 0 Å². The van der Waals surface area contributed by atoms with E-state index in [0.717, 1.165) is 0 Å². The van der Waals surface area contributed by atoms with E-state index >= 15 is 0 Å². The summed E-state index contributed by atoms with van der Waals surface area (Å²) in [5.74, 6) is -0.596. The Kier molecular flexibility index (Phi) is 5.46. The Morgan fingerprint density at radius 2 is 1.23 bits per heavy atom. The number of aliphatic hydroxyl groups is 1. The zero-order chi connectivity index (χ0) is 18.4. The van der Waals surface area contributed by atoms with Crippen molar-refractivity contribution in [1.82, 2.24) is 0 Å². The molecule has 0 saturated heterocycles. The monoisotopic (exact) mass is 348 g/mol. The molecule has 0 heterocycles. The van der Waals surface area contributed by atoms with Crippen molar-refractivity contribution in [2.24, 2.45) is 0 Å². The van der Waals surface area contributed by atoms with Gasteiger partial charge in [-0.2, -0.15) is 4.89 Å². The van der Waals surface area contributed by atoms with Crippen molar-refractivity contribution in [3.8, 4) is 0 Å². The molecule has 0 fully saturated rings. The summed E-state index contributed by atoms with van der Waals surface area (Å²) in [5, 5.41) is 11.3. The van der Waals surface area contributed by atoms with Crippen molar-refractivity contribution in [1.29, 1.82) is 0 Å². The van der Waals surface area contributed by atoms with E-state index in [0.29, 0.717) is 16.7 Å². The van der Waals surface area contributed by atoms with E-state index in [9.17, 15) is 9.90 Å². The second-order valence-electron chi connectivity index (χ2n) is 5.94. The van der Waals surface area contributed by atoms with E-state index in [1.807, 2.05) is 91.0 Å². The first kappa shape index (κ1) is 17.9.